The predicted octanol–water partition coefficient (Wildman–Crippen LogP) is 1.90. The molecule has 1 unspecified atom stereocenters. The maximum absolute atomic E-state index is 9.20. The number of aliphatic hydroxyl groups excluding tert-OH is 1. The molecular formula is C9H22O3Si. The van der Waals surface area contributed by atoms with Crippen molar-refractivity contribution < 1.29 is 14.0 Å². The van der Waals surface area contributed by atoms with Crippen LogP contribution in [0.5, 0.6) is 0 Å². The molecule has 0 amide bonds. The average molecular weight is 206 g/mol. The molecule has 80 valence electrons. The van der Waals surface area contributed by atoms with Crippen molar-refractivity contribution in [1.82, 2.24) is 0 Å². The normalized spacial score (nSPS) is 15.0. The van der Waals surface area contributed by atoms with E-state index < -0.39 is 8.56 Å². The average Bonchev–Trinajstić information content (AvgIpc) is 2.06. The van der Waals surface area contributed by atoms with E-state index in [2.05, 4.69) is 13.8 Å². The number of hydrogen-bond donors (Lipinski definition) is 1. The first-order chi connectivity index (χ1) is 5.98. The summed E-state index contributed by atoms with van der Waals surface area (Å²) in [5.41, 5.74) is 0.418. The minimum absolute atomic E-state index is 0.268. The first-order valence-electron chi connectivity index (χ1n) is 4.77. The van der Waals surface area contributed by atoms with Crippen LogP contribution in [0.3, 0.4) is 0 Å². The fraction of sp³-hybridized carbons (Fsp3) is 1.00. The molecule has 0 aromatic rings. The van der Waals surface area contributed by atoms with Crippen molar-refractivity contribution >= 4 is 8.56 Å². The van der Waals surface area contributed by atoms with Crippen molar-refractivity contribution in [3.05, 3.63) is 0 Å². The summed E-state index contributed by atoms with van der Waals surface area (Å²) in [6.45, 7) is 6.02. The molecule has 4 heteroatoms. The molecule has 0 rings (SSSR count). The molecule has 0 bridgehead atoms. The van der Waals surface area contributed by atoms with Gasteiger partial charge in [-0.3, -0.25) is 0 Å². The van der Waals surface area contributed by atoms with Gasteiger partial charge in [-0.1, -0.05) is 13.8 Å². The molecule has 0 spiro atoms. The van der Waals surface area contributed by atoms with E-state index >= 15 is 0 Å². The lowest BCUT2D eigenvalue weighted by molar-refractivity contribution is 0.176. The number of rotatable bonds is 6. The Morgan fingerprint density at radius 1 is 1.15 bits per heavy atom. The van der Waals surface area contributed by atoms with Crippen LogP contribution in [0.4, 0.5) is 0 Å². The highest BCUT2D eigenvalue weighted by Gasteiger charge is 2.39. The monoisotopic (exact) mass is 206 g/mol. The Bertz CT molecular complexity index is 133. The first-order valence-corrected chi connectivity index (χ1v) is 6.87. The zero-order chi connectivity index (χ0) is 10.5. The molecule has 0 aliphatic heterocycles. The second-order valence-corrected chi connectivity index (χ2v) is 7.86. The highest BCUT2D eigenvalue weighted by molar-refractivity contribution is 6.68. The van der Waals surface area contributed by atoms with Gasteiger partial charge in [0.2, 0.25) is 0 Å². The van der Waals surface area contributed by atoms with Crippen molar-refractivity contribution in [3.8, 4) is 0 Å². The van der Waals surface area contributed by atoms with Crippen molar-refractivity contribution in [2.45, 2.75) is 44.9 Å². The molecule has 0 heterocycles. The highest BCUT2D eigenvalue weighted by Crippen LogP contribution is 2.28. The van der Waals surface area contributed by atoms with Crippen LogP contribution in [0.1, 0.15) is 27.2 Å². The fourth-order valence-corrected chi connectivity index (χ4v) is 4.37. The van der Waals surface area contributed by atoms with Crippen LogP contribution < -0.4 is 0 Å². The SMILES string of the molecule is CO[Si](CCC(C)O)(OC)C(C)C. The Morgan fingerprint density at radius 2 is 1.62 bits per heavy atom. The molecule has 0 radical (unpaired) electrons. The van der Waals surface area contributed by atoms with Crippen molar-refractivity contribution in [2.24, 2.45) is 0 Å². The molecule has 0 aliphatic carbocycles. The summed E-state index contributed by atoms with van der Waals surface area (Å²) in [6, 6.07) is 0.856. The van der Waals surface area contributed by atoms with Gasteiger partial charge in [0.1, 0.15) is 0 Å². The Hall–Kier alpha value is 0.0969. The Morgan fingerprint density at radius 3 is 1.85 bits per heavy atom. The molecule has 1 N–H and O–H groups in total. The highest BCUT2D eigenvalue weighted by atomic mass is 28.4. The number of hydrogen-bond acceptors (Lipinski definition) is 3. The standard InChI is InChI=1S/C9H22O3Si/c1-8(2)13(11-4,12-5)7-6-9(3)10/h8-10H,6-7H2,1-5H3. The first kappa shape index (κ1) is 13.1. The van der Waals surface area contributed by atoms with Crippen LogP contribution in [0, 0.1) is 0 Å². The summed E-state index contributed by atoms with van der Waals surface area (Å²) in [5, 5.41) is 9.20. The smallest absolute Gasteiger partial charge is 0.340 e. The van der Waals surface area contributed by atoms with Crippen LogP contribution in [0.25, 0.3) is 0 Å². The zero-order valence-corrected chi connectivity index (χ0v) is 10.3. The van der Waals surface area contributed by atoms with Gasteiger partial charge in [-0.05, 0) is 24.9 Å². The lowest BCUT2D eigenvalue weighted by atomic mass is 10.3. The molecule has 0 fully saturated rings. The van der Waals surface area contributed by atoms with E-state index in [-0.39, 0.29) is 6.10 Å². The molecule has 0 saturated carbocycles. The zero-order valence-electron chi connectivity index (χ0n) is 9.33. The summed E-state index contributed by atoms with van der Waals surface area (Å²) < 4.78 is 11.0. The summed E-state index contributed by atoms with van der Waals surface area (Å²) in [4.78, 5) is 0. The maximum Gasteiger partial charge on any atom is 0.340 e. The van der Waals surface area contributed by atoms with Gasteiger partial charge in [-0.15, -0.1) is 0 Å². The van der Waals surface area contributed by atoms with Crippen LogP contribution in [0.2, 0.25) is 11.6 Å². The van der Waals surface area contributed by atoms with Crippen LogP contribution in [0.15, 0.2) is 0 Å². The Kier molecular flexibility index (Phi) is 5.79. The number of aliphatic hydroxyl groups is 1. The third kappa shape index (κ3) is 3.77. The topological polar surface area (TPSA) is 38.7 Å². The minimum atomic E-state index is -2.04. The van der Waals surface area contributed by atoms with E-state index in [9.17, 15) is 5.11 Å². The minimum Gasteiger partial charge on any atom is -0.397 e. The van der Waals surface area contributed by atoms with Gasteiger partial charge in [0.05, 0.1) is 6.10 Å². The van der Waals surface area contributed by atoms with Gasteiger partial charge >= 0.3 is 8.56 Å². The van der Waals surface area contributed by atoms with E-state index in [4.69, 9.17) is 8.85 Å². The van der Waals surface area contributed by atoms with Gasteiger partial charge < -0.3 is 14.0 Å². The molecule has 0 aromatic carbocycles. The lowest BCUT2D eigenvalue weighted by Crippen LogP contribution is -2.43. The van der Waals surface area contributed by atoms with Crippen LogP contribution in [-0.4, -0.2) is 34.0 Å². The van der Waals surface area contributed by atoms with E-state index in [0.29, 0.717) is 5.54 Å². The van der Waals surface area contributed by atoms with E-state index in [0.717, 1.165) is 12.5 Å². The molecule has 0 aliphatic rings. The fourth-order valence-electron chi connectivity index (χ4n) is 1.46. The molecule has 0 saturated heterocycles. The molecule has 3 nitrogen and oxygen atoms in total. The predicted molar refractivity (Wildman–Crippen MR) is 56.0 cm³/mol. The van der Waals surface area contributed by atoms with Gasteiger partial charge in [-0.2, -0.15) is 0 Å². The maximum atomic E-state index is 9.20. The third-order valence-corrected chi connectivity index (χ3v) is 6.61. The van der Waals surface area contributed by atoms with E-state index in [1.165, 1.54) is 0 Å². The summed E-state index contributed by atoms with van der Waals surface area (Å²) >= 11 is 0. The van der Waals surface area contributed by atoms with Gasteiger partial charge in [0.15, 0.2) is 0 Å². The van der Waals surface area contributed by atoms with Gasteiger partial charge in [0.25, 0.3) is 0 Å². The van der Waals surface area contributed by atoms with Crippen molar-refractivity contribution in [1.29, 1.82) is 0 Å². The molecule has 13 heavy (non-hydrogen) atoms. The Balaban J connectivity index is 4.22. The summed E-state index contributed by atoms with van der Waals surface area (Å²) in [5.74, 6) is 0. The van der Waals surface area contributed by atoms with Crippen molar-refractivity contribution in [3.63, 3.8) is 0 Å². The second kappa shape index (κ2) is 5.75. The van der Waals surface area contributed by atoms with Crippen molar-refractivity contribution in [2.75, 3.05) is 14.2 Å². The van der Waals surface area contributed by atoms with Crippen LogP contribution in [-0.2, 0) is 8.85 Å². The van der Waals surface area contributed by atoms with Gasteiger partial charge in [0, 0.05) is 14.2 Å². The third-order valence-electron chi connectivity index (χ3n) is 2.48. The largest absolute Gasteiger partial charge is 0.397 e. The second-order valence-electron chi connectivity index (χ2n) is 3.76. The summed E-state index contributed by atoms with van der Waals surface area (Å²) in [7, 11) is 1.37. The summed E-state index contributed by atoms with van der Waals surface area (Å²) in [6.07, 6.45) is 0.488. The quantitative estimate of drug-likeness (QED) is 0.675. The lowest BCUT2D eigenvalue weighted by Gasteiger charge is -2.31. The van der Waals surface area contributed by atoms with Gasteiger partial charge in [-0.25, -0.2) is 0 Å². The molecule has 1 atom stereocenters. The van der Waals surface area contributed by atoms with E-state index in [1.54, 1.807) is 21.1 Å². The van der Waals surface area contributed by atoms with Crippen LogP contribution >= 0.6 is 0 Å². The molecular weight excluding hydrogens is 184 g/mol. The Labute approximate surface area is 82.3 Å². The molecule has 0 aromatic heterocycles. The van der Waals surface area contributed by atoms with E-state index in [1.807, 2.05) is 0 Å².